The average Bonchev–Trinajstić information content (AvgIpc) is 3.16. The third-order valence-corrected chi connectivity index (χ3v) is 4.84. The first-order valence-corrected chi connectivity index (χ1v) is 9.63. The van der Waals surface area contributed by atoms with E-state index in [1.807, 2.05) is 48.7 Å². The maximum Gasteiger partial charge on any atom is 0.308 e. The summed E-state index contributed by atoms with van der Waals surface area (Å²) in [6, 6.07) is 15.9. The van der Waals surface area contributed by atoms with E-state index in [0.29, 0.717) is 6.54 Å². The van der Waals surface area contributed by atoms with Gasteiger partial charge in [-0.15, -0.1) is 0 Å². The molecule has 0 aliphatic heterocycles. The molecule has 0 bridgehead atoms. The van der Waals surface area contributed by atoms with E-state index in [1.54, 1.807) is 21.0 Å². The first-order valence-electron chi connectivity index (χ1n) is 9.63. The monoisotopic (exact) mass is 394 g/mol. The van der Waals surface area contributed by atoms with Crippen molar-refractivity contribution in [3.8, 4) is 5.75 Å². The van der Waals surface area contributed by atoms with Gasteiger partial charge in [0.1, 0.15) is 5.75 Å². The second-order valence-electron chi connectivity index (χ2n) is 7.18. The minimum absolute atomic E-state index is 0.0678. The second kappa shape index (κ2) is 9.28. The second-order valence-corrected chi connectivity index (χ2v) is 7.18. The molecule has 0 spiro atoms. The fourth-order valence-electron chi connectivity index (χ4n) is 3.20. The number of hydrogen-bond donors (Lipinski definition) is 2. The van der Waals surface area contributed by atoms with Gasteiger partial charge in [-0.25, -0.2) is 0 Å². The van der Waals surface area contributed by atoms with Crippen molar-refractivity contribution in [1.29, 1.82) is 0 Å². The van der Waals surface area contributed by atoms with E-state index in [1.165, 1.54) is 0 Å². The Morgan fingerprint density at radius 3 is 2.48 bits per heavy atom. The predicted molar refractivity (Wildman–Crippen MR) is 112 cm³/mol. The maximum absolute atomic E-state index is 12.2. The van der Waals surface area contributed by atoms with Crippen LogP contribution in [-0.2, 0) is 14.3 Å². The quantitative estimate of drug-likeness (QED) is 0.572. The normalized spacial score (nSPS) is 12.0. The van der Waals surface area contributed by atoms with Crippen LogP contribution in [-0.4, -0.2) is 37.1 Å². The number of benzene rings is 2. The third kappa shape index (κ3) is 4.96. The number of amides is 1. The molecule has 0 aliphatic rings. The molecule has 6 nitrogen and oxygen atoms in total. The highest BCUT2D eigenvalue weighted by Gasteiger charge is 2.20. The van der Waals surface area contributed by atoms with Gasteiger partial charge in [-0.2, -0.15) is 0 Å². The van der Waals surface area contributed by atoms with Crippen molar-refractivity contribution in [2.24, 2.45) is 5.92 Å². The number of methoxy groups -OCH3 is 1. The number of aromatic amines is 1. The summed E-state index contributed by atoms with van der Waals surface area (Å²) in [5.74, 6) is -0.264. The Morgan fingerprint density at radius 2 is 1.79 bits per heavy atom. The fourth-order valence-corrected chi connectivity index (χ4v) is 3.20. The van der Waals surface area contributed by atoms with Gasteiger partial charge in [-0.05, 0) is 29.3 Å². The van der Waals surface area contributed by atoms with Gasteiger partial charge < -0.3 is 19.8 Å². The number of carbonyl (C=O) groups is 2. The van der Waals surface area contributed by atoms with E-state index in [9.17, 15) is 9.59 Å². The van der Waals surface area contributed by atoms with E-state index >= 15 is 0 Å². The van der Waals surface area contributed by atoms with Crippen molar-refractivity contribution >= 4 is 22.8 Å². The predicted octanol–water partition coefficient (Wildman–Crippen LogP) is 3.62. The zero-order chi connectivity index (χ0) is 20.8. The number of rotatable bonds is 8. The van der Waals surface area contributed by atoms with Crippen LogP contribution < -0.4 is 10.1 Å². The van der Waals surface area contributed by atoms with E-state index in [4.69, 9.17) is 9.47 Å². The minimum Gasteiger partial charge on any atom is -0.497 e. The lowest BCUT2D eigenvalue weighted by atomic mass is 9.91. The van der Waals surface area contributed by atoms with Gasteiger partial charge >= 0.3 is 5.97 Å². The number of esters is 1. The van der Waals surface area contributed by atoms with Crippen LogP contribution in [0.4, 0.5) is 0 Å². The molecule has 1 aromatic heterocycles. The van der Waals surface area contributed by atoms with Gasteiger partial charge in [0.2, 0.25) is 0 Å². The summed E-state index contributed by atoms with van der Waals surface area (Å²) in [6.07, 6.45) is 1.98. The molecule has 1 heterocycles. The van der Waals surface area contributed by atoms with E-state index in [2.05, 4.69) is 16.4 Å². The van der Waals surface area contributed by atoms with Crippen LogP contribution in [0.2, 0.25) is 0 Å². The number of para-hydroxylation sites is 1. The molecule has 152 valence electrons. The summed E-state index contributed by atoms with van der Waals surface area (Å²) < 4.78 is 10.3. The number of fused-ring (bicyclic) bond motifs is 1. The lowest BCUT2D eigenvalue weighted by Gasteiger charge is -2.19. The topological polar surface area (TPSA) is 80.4 Å². The standard InChI is InChI=1S/C23H26N2O4/c1-15(2)23(27)29-14-22(26)25-12-19(16-8-10-17(28-3)11-9-16)20-13-24-21-7-5-4-6-18(20)21/h4-11,13,15,19,24H,12,14H2,1-3H3,(H,25,26)/t19-/m1/s1. The molecule has 0 fully saturated rings. The van der Waals surface area contributed by atoms with Crippen molar-refractivity contribution in [2.45, 2.75) is 19.8 Å². The van der Waals surface area contributed by atoms with Gasteiger partial charge in [0.15, 0.2) is 6.61 Å². The molecule has 29 heavy (non-hydrogen) atoms. The Kier molecular flexibility index (Phi) is 6.54. The molecular formula is C23H26N2O4. The number of carbonyl (C=O) groups excluding carboxylic acids is 2. The molecular weight excluding hydrogens is 368 g/mol. The first-order chi connectivity index (χ1) is 14.0. The smallest absolute Gasteiger partial charge is 0.308 e. The lowest BCUT2D eigenvalue weighted by molar-refractivity contribution is -0.151. The Morgan fingerprint density at radius 1 is 1.07 bits per heavy atom. The number of hydrogen-bond acceptors (Lipinski definition) is 4. The van der Waals surface area contributed by atoms with Gasteiger partial charge in [-0.3, -0.25) is 9.59 Å². The highest BCUT2D eigenvalue weighted by Crippen LogP contribution is 2.31. The molecule has 0 saturated heterocycles. The Labute approximate surface area is 170 Å². The van der Waals surface area contributed by atoms with Crippen molar-refractivity contribution in [2.75, 3.05) is 20.3 Å². The van der Waals surface area contributed by atoms with Gasteiger partial charge in [-0.1, -0.05) is 44.2 Å². The molecule has 6 heteroatoms. The molecule has 0 saturated carbocycles. The van der Waals surface area contributed by atoms with Crippen LogP contribution in [0.1, 0.15) is 30.9 Å². The molecule has 3 rings (SSSR count). The summed E-state index contributed by atoms with van der Waals surface area (Å²) >= 11 is 0. The number of H-pyrrole nitrogens is 1. The van der Waals surface area contributed by atoms with Crippen LogP contribution in [0.15, 0.2) is 54.7 Å². The Bertz CT molecular complexity index is 976. The lowest BCUT2D eigenvalue weighted by Crippen LogP contribution is -2.33. The maximum atomic E-state index is 12.2. The highest BCUT2D eigenvalue weighted by molar-refractivity contribution is 5.85. The number of aromatic nitrogens is 1. The van der Waals surface area contributed by atoms with Crippen molar-refractivity contribution < 1.29 is 19.1 Å². The van der Waals surface area contributed by atoms with Crippen LogP contribution in [0.25, 0.3) is 10.9 Å². The summed E-state index contributed by atoms with van der Waals surface area (Å²) in [5, 5.41) is 4.00. The van der Waals surface area contributed by atoms with E-state index in [-0.39, 0.29) is 30.3 Å². The van der Waals surface area contributed by atoms with Gasteiger partial charge in [0.25, 0.3) is 5.91 Å². The molecule has 2 N–H and O–H groups in total. The Balaban J connectivity index is 1.80. The largest absolute Gasteiger partial charge is 0.497 e. The van der Waals surface area contributed by atoms with Gasteiger partial charge in [0, 0.05) is 29.6 Å². The third-order valence-electron chi connectivity index (χ3n) is 4.84. The van der Waals surface area contributed by atoms with Crippen LogP contribution in [0, 0.1) is 5.92 Å². The number of nitrogens with one attached hydrogen (secondary N) is 2. The molecule has 0 radical (unpaired) electrons. The van der Waals surface area contributed by atoms with E-state index in [0.717, 1.165) is 27.8 Å². The SMILES string of the molecule is COc1ccc([C@@H](CNC(=O)COC(=O)C(C)C)c2c[nH]c3ccccc23)cc1. The highest BCUT2D eigenvalue weighted by atomic mass is 16.5. The number of ether oxygens (including phenoxy) is 2. The molecule has 0 aliphatic carbocycles. The Hall–Kier alpha value is -3.28. The molecule has 0 unspecified atom stereocenters. The van der Waals surface area contributed by atoms with Crippen LogP contribution in [0.5, 0.6) is 5.75 Å². The molecule has 3 aromatic rings. The van der Waals surface area contributed by atoms with Crippen LogP contribution in [0.3, 0.4) is 0 Å². The average molecular weight is 394 g/mol. The minimum atomic E-state index is -0.386. The van der Waals surface area contributed by atoms with Crippen LogP contribution >= 0.6 is 0 Å². The molecule has 1 atom stereocenters. The molecule has 2 aromatic carbocycles. The zero-order valence-corrected chi connectivity index (χ0v) is 16.9. The van der Waals surface area contributed by atoms with Gasteiger partial charge in [0.05, 0.1) is 13.0 Å². The summed E-state index contributed by atoms with van der Waals surface area (Å²) in [7, 11) is 1.63. The van der Waals surface area contributed by atoms with E-state index < -0.39 is 0 Å². The summed E-state index contributed by atoms with van der Waals surface area (Å²) in [6.45, 7) is 3.57. The zero-order valence-electron chi connectivity index (χ0n) is 16.9. The molecule has 1 amide bonds. The summed E-state index contributed by atoms with van der Waals surface area (Å²) in [5.41, 5.74) is 3.18. The van der Waals surface area contributed by atoms with Crippen molar-refractivity contribution in [1.82, 2.24) is 10.3 Å². The van der Waals surface area contributed by atoms with Crippen molar-refractivity contribution in [3.63, 3.8) is 0 Å². The summed E-state index contributed by atoms with van der Waals surface area (Å²) in [4.78, 5) is 27.1. The van der Waals surface area contributed by atoms with Crippen molar-refractivity contribution in [3.05, 3.63) is 65.9 Å². The fraction of sp³-hybridized carbons (Fsp3) is 0.304. The first kappa shape index (κ1) is 20.5.